The predicted octanol–water partition coefficient (Wildman–Crippen LogP) is 1.70. The number of piperidine rings is 1. The molecule has 5 nitrogen and oxygen atoms in total. The molecule has 3 heterocycles. The van der Waals surface area contributed by atoms with Gasteiger partial charge in [-0.3, -0.25) is 10.2 Å². The fourth-order valence-corrected chi connectivity index (χ4v) is 4.48. The van der Waals surface area contributed by atoms with Crippen LogP contribution in [0.25, 0.3) is 0 Å². The summed E-state index contributed by atoms with van der Waals surface area (Å²) in [6, 6.07) is 5.63. The molecule has 2 aliphatic heterocycles. The average molecular weight is 343 g/mol. The molecule has 1 aromatic heterocycles. The fraction of sp³-hybridized carbons (Fsp3) is 0.600. The zero-order valence-corrected chi connectivity index (χ0v) is 14.3. The number of fused-ring (bicyclic) bond motifs is 4. The van der Waals surface area contributed by atoms with Gasteiger partial charge in [0.05, 0.1) is 0 Å². The molecule has 7 heteroatoms. The molecular weight excluding hydrogens is 320 g/mol. The maximum Gasteiger partial charge on any atom is 0.250 e. The highest BCUT2D eigenvalue weighted by Crippen LogP contribution is 2.35. The Morgan fingerprint density at radius 2 is 2.23 bits per heavy atom. The van der Waals surface area contributed by atoms with Crippen LogP contribution in [0.15, 0.2) is 23.0 Å². The third-order valence-corrected chi connectivity index (χ3v) is 5.20. The van der Waals surface area contributed by atoms with Gasteiger partial charge in [-0.25, -0.2) is 0 Å². The number of nitrogens with one attached hydrogen (secondary N) is 1. The van der Waals surface area contributed by atoms with Crippen LogP contribution >= 0.6 is 24.2 Å². The van der Waals surface area contributed by atoms with Crippen LogP contribution < -0.4 is 11.3 Å². The van der Waals surface area contributed by atoms with Gasteiger partial charge in [0.2, 0.25) is 0 Å². The SMILES string of the molecule is CC(CN1CC2CC(C1)c1cccc(=O)n1C2)SC(=N)N.Cl. The number of hydrogen-bond donors (Lipinski definition) is 2. The molecule has 3 rings (SSSR count). The van der Waals surface area contributed by atoms with E-state index in [0.717, 1.165) is 26.2 Å². The highest BCUT2D eigenvalue weighted by molar-refractivity contribution is 8.14. The van der Waals surface area contributed by atoms with Gasteiger partial charge in [0.25, 0.3) is 5.56 Å². The second kappa shape index (κ2) is 7.06. The Hall–Kier alpha value is -0.980. The monoisotopic (exact) mass is 342 g/mol. The van der Waals surface area contributed by atoms with Gasteiger partial charge in [0, 0.05) is 49.1 Å². The van der Waals surface area contributed by atoms with Crippen LogP contribution in [0.5, 0.6) is 0 Å². The second-order valence-electron chi connectivity index (χ2n) is 6.21. The third-order valence-electron chi connectivity index (χ3n) is 4.40. The first-order chi connectivity index (χ1) is 10.0. The van der Waals surface area contributed by atoms with Crippen molar-refractivity contribution in [2.45, 2.75) is 31.1 Å². The lowest BCUT2D eigenvalue weighted by molar-refractivity contribution is 0.122. The highest BCUT2D eigenvalue weighted by Gasteiger charge is 2.34. The lowest BCUT2D eigenvalue weighted by atomic mass is 9.83. The topological polar surface area (TPSA) is 75.1 Å². The smallest absolute Gasteiger partial charge is 0.250 e. The van der Waals surface area contributed by atoms with E-state index in [0.29, 0.717) is 17.1 Å². The maximum absolute atomic E-state index is 12.0. The van der Waals surface area contributed by atoms with Crippen molar-refractivity contribution in [2.75, 3.05) is 19.6 Å². The van der Waals surface area contributed by atoms with Crippen molar-refractivity contribution in [3.8, 4) is 0 Å². The minimum absolute atomic E-state index is 0. The molecule has 22 heavy (non-hydrogen) atoms. The minimum Gasteiger partial charge on any atom is -0.379 e. The summed E-state index contributed by atoms with van der Waals surface area (Å²) >= 11 is 1.43. The van der Waals surface area contributed by atoms with Gasteiger partial charge in [-0.2, -0.15) is 0 Å². The normalized spacial score (nSPS) is 25.0. The van der Waals surface area contributed by atoms with Crippen LogP contribution in [-0.4, -0.2) is 39.5 Å². The summed E-state index contributed by atoms with van der Waals surface area (Å²) in [5.41, 5.74) is 6.79. The predicted molar refractivity (Wildman–Crippen MR) is 94.2 cm³/mol. The summed E-state index contributed by atoms with van der Waals surface area (Å²) in [5, 5.41) is 7.90. The molecule has 0 spiro atoms. The molecule has 0 aliphatic carbocycles. The molecular formula is C15H23ClN4OS. The summed E-state index contributed by atoms with van der Waals surface area (Å²) in [6.45, 7) is 5.96. The zero-order valence-electron chi connectivity index (χ0n) is 12.7. The lowest BCUT2D eigenvalue weighted by Crippen LogP contribution is -2.48. The molecule has 3 N–H and O–H groups in total. The summed E-state index contributed by atoms with van der Waals surface area (Å²) in [6.07, 6.45) is 1.19. The van der Waals surface area contributed by atoms with E-state index in [4.69, 9.17) is 11.1 Å². The van der Waals surface area contributed by atoms with E-state index in [9.17, 15) is 4.79 Å². The van der Waals surface area contributed by atoms with Gasteiger partial charge in [-0.15, -0.1) is 12.4 Å². The van der Waals surface area contributed by atoms with Crippen molar-refractivity contribution in [3.63, 3.8) is 0 Å². The molecule has 3 unspecified atom stereocenters. The number of amidine groups is 1. The molecule has 0 saturated carbocycles. The number of aromatic nitrogens is 1. The van der Waals surface area contributed by atoms with Crippen LogP contribution in [0, 0.1) is 11.3 Å². The standard InChI is InChI=1S/C15H22N4OS.ClH/c1-10(21-15(16)17)6-18-7-11-5-12(9-18)13-3-2-4-14(20)19(13)8-11;/h2-4,10-12H,5-9H2,1H3,(H3,16,17);1H. The first kappa shape index (κ1) is 17.4. The molecule has 1 aromatic rings. The number of pyridine rings is 1. The molecule has 0 radical (unpaired) electrons. The van der Waals surface area contributed by atoms with Crippen LogP contribution in [0.1, 0.15) is 25.0 Å². The number of halogens is 1. The Morgan fingerprint density at radius 3 is 2.95 bits per heavy atom. The fourth-order valence-electron chi connectivity index (χ4n) is 3.76. The highest BCUT2D eigenvalue weighted by atomic mass is 35.5. The third kappa shape index (κ3) is 3.67. The van der Waals surface area contributed by atoms with Gasteiger partial charge in [0.1, 0.15) is 0 Å². The Labute approximate surface area is 141 Å². The van der Waals surface area contributed by atoms with E-state index >= 15 is 0 Å². The quantitative estimate of drug-likeness (QED) is 0.647. The van der Waals surface area contributed by atoms with Crippen molar-refractivity contribution in [1.82, 2.24) is 9.47 Å². The van der Waals surface area contributed by atoms with E-state index in [-0.39, 0.29) is 23.1 Å². The summed E-state index contributed by atoms with van der Waals surface area (Å²) in [7, 11) is 0. The molecule has 3 atom stereocenters. The molecule has 1 saturated heterocycles. The van der Waals surface area contributed by atoms with E-state index < -0.39 is 0 Å². The Kier molecular flexibility index (Phi) is 5.58. The summed E-state index contributed by atoms with van der Waals surface area (Å²) in [5.74, 6) is 1.02. The molecule has 2 aliphatic rings. The van der Waals surface area contributed by atoms with Gasteiger partial charge in [-0.1, -0.05) is 24.8 Å². The lowest BCUT2D eigenvalue weighted by Gasteiger charge is -2.43. The number of thioether (sulfide) groups is 1. The van der Waals surface area contributed by atoms with E-state index in [2.05, 4.69) is 17.9 Å². The van der Waals surface area contributed by atoms with Crippen molar-refractivity contribution >= 4 is 29.3 Å². The average Bonchev–Trinajstić information content (AvgIpc) is 2.39. The first-order valence-corrected chi connectivity index (χ1v) is 8.33. The second-order valence-corrected chi connectivity index (χ2v) is 7.69. The van der Waals surface area contributed by atoms with Gasteiger partial charge < -0.3 is 15.2 Å². The summed E-state index contributed by atoms with van der Waals surface area (Å²) < 4.78 is 1.96. The maximum atomic E-state index is 12.0. The molecule has 0 aromatic carbocycles. The Morgan fingerprint density at radius 1 is 1.45 bits per heavy atom. The van der Waals surface area contributed by atoms with Crippen molar-refractivity contribution in [1.29, 1.82) is 5.41 Å². The number of nitrogens with two attached hydrogens (primary N) is 1. The van der Waals surface area contributed by atoms with Crippen molar-refractivity contribution < 1.29 is 0 Å². The molecule has 122 valence electrons. The molecule has 1 fully saturated rings. The first-order valence-electron chi connectivity index (χ1n) is 7.45. The largest absolute Gasteiger partial charge is 0.379 e. The van der Waals surface area contributed by atoms with E-state index in [1.807, 2.05) is 10.6 Å². The van der Waals surface area contributed by atoms with E-state index in [1.165, 1.54) is 23.9 Å². The molecule has 0 amide bonds. The van der Waals surface area contributed by atoms with E-state index in [1.54, 1.807) is 6.07 Å². The Bertz CT molecular complexity index is 605. The summed E-state index contributed by atoms with van der Waals surface area (Å²) in [4.78, 5) is 14.5. The minimum atomic E-state index is 0. The number of rotatable bonds is 3. The van der Waals surface area contributed by atoms with Gasteiger partial charge >= 0.3 is 0 Å². The van der Waals surface area contributed by atoms with Crippen LogP contribution in [-0.2, 0) is 6.54 Å². The number of likely N-dealkylation sites (tertiary alicyclic amines) is 1. The van der Waals surface area contributed by atoms with Crippen molar-refractivity contribution in [2.24, 2.45) is 11.7 Å². The zero-order chi connectivity index (χ0) is 15.0. The van der Waals surface area contributed by atoms with Gasteiger partial charge in [-0.05, 0) is 18.4 Å². The molecule has 2 bridgehead atoms. The number of hydrogen-bond acceptors (Lipinski definition) is 4. The van der Waals surface area contributed by atoms with Crippen LogP contribution in [0.2, 0.25) is 0 Å². The van der Waals surface area contributed by atoms with Gasteiger partial charge in [0.15, 0.2) is 5.17 Å². The van der Waals surface area contributed by atoms with Crippen LogP contribution in [0.3, 0.4) is 0 Å². The number of nitrogens with zero attached hydrogens (tertiary/aromatic N) is 2. The Balaban J connectivity index is 0.00000176. The van der Waals surface area contributed by atoms with Crippen LogP contribution in [0.4, 0.5) is 0 Å². The van der Waals surface area contributed by atoms with Crippen molar-refractivity contribution in [3.05, 3.63) is 34.2 Å².